The Morgan fingerprint density at radius 1 is 1.53 bits per heavy atom. The number of nitrogens with one attached hydrogen (secondary N) is 1. The van der Waals surface area contributed by atoms with Gasteiger partial charge < -0.3 is 14.6 Å². The molecule has 2 heterocycles. The van der Waals surface area contributed by atoms with Gasteiger partial charge in [0.2, 0.25) is 10.0 Å². The predicted octanol–water partition coefficient (Wildman–Crippen LogP) is 0.154. The summed E-state index contributed by atoms with van der Waals surface area (Å²) >= 11 is 0. The predicted molar refractivity (Wildman–Crippen MR) is 72.3 cm³/mol. The molecule has 0 aromatic carbocycles. The van der Waals surface area contributed by atoms with Crippen LogP contribution in [0, 0.1) is 0 Å². The van der Waals surface area contributed by atoms with Crippen LogP contribution >= 0.6 is 0 Å². The Balaban J connectivity index is 2.22. The van der Waals surface area contributed by atoms with Gasteiger partial charge in [0.1, 0.15) is 4.90 Å². The van der Waals surface area contributed by atoms with E-state index in [4.69, 9.17) is 4.74 Å². The molecule has 1 aliphatic heterocycles. The molecule has 1 aliphatic rings. The minimum atomic E-state index is -3.40. The molecule has 1 unspecified atom stereocenters. The molecule has 0 amide bonds. The number of rotatable bonds is 5. The van der Waals surface area contributed by atoms with Crippen molar-refractivity contribution in [3.63, 3.8) is 0 Å². The topological polar surface area (TPSA) is 63.6 Å². The zero-order chi connectivity index (χ0) is 14.0. The van der Waals surface area contributed by atoms with Gasteiger partial charge in [0.05, 0.1) is 6.10 Å². The summed E-state index contributed by atoms with van der Waals surface area (Å²) in [6, 6.07) is 1.73. The molecule has 1 aromatic heterocycles. The van der Waals surface area contributed by atoms with Crippen LogP contribution in [0.5, 0.6) is 0 Å². The van der Waals surface area contributed by atoms with E-state index < -0.39 is 10.0 Å². The molecule has 0 aliphatic carbocycles. The van der Waals surface area contributed by atoms with Crippen LogP contribution in [0.3, 0.4) is 0 Å². The molecule has 19 heavy (non-hydrogen) atoms. The number of hydrogen-bond acceptors (Lipinski definition) is 4. The average Bonchev–Trinajstić information content (AvgIpc) is 2.98. The number of methoxy groups -OCH3 is 1. The van der Waals surface area contributed by atoms with E-state index in [-0.39, 0.29) is 6.10 Å². The third-order valence-corrected chi connectivity index (χ3v) is 5.35. The van der Waals surface area contributed by atoms with Crippen molar-refractivity contribution in [1.82, 2.24) is 14.2 Å². The Kier molecular flexibility index (Phi) is 4.29. The first-order valence-electron chi connectivity index (χ1n) is 6.32. The lowest BCUT2D eigenvalue weighted by atomic mass is 10.3. The first-order chi connectivity index (χ1) is 8.98. The molecule has 0 bridgehead atoms. The second-order valence-electron chi connectivity index (χ2n) is 4.82. The van der Waals surface area contributed by atoms with Crippen molar-refractivity contribution in [3.05, 3.63) is 18.0 Å². The van der Waals surface area contributed by atoms with Crippen LogP contribution in [-0.2, 0) is 28.4 Å². The van der Waals surface area contributed by atoms with E-state index >= 15 is 0 Å². The minimum Gasteiger partial charge on any atom is -0.380 e. The van der Waals surface area contributed by atoms with Crippen molar-refractivity contribution < 1.29 is 13.2 Å². The summed E-state index contributed by atoms with van der Waals surface area (Å²) in [5, 5.41) is 3.03. The van der Waals surface area contributed by atoms with E-state index in [0.29, 0.717) is 24.5 Å². The Labute approximate surface area is 114 Å². The highest BCUT2D eigenvalue weighted by Crippen LogP contribution is 2.23. The van der Waals surface area contributed by atoms with Crippen LogP contribution in [-0.4, -0.2) is 50.6 Å². The van der Waals surface area contributed by atoms with Gasteiger partial charge in [0.25, 0.3) is 0 Å². The van der Waals surface area contributed by atoms with Crippen molar-refractivity contribution in [3.8, 4) is 0 Å². The maximum atomic E-state index is 12.5. The Morgan fingerprint density at radius 2 is 2.26 bits per heavy atom. The highest BCUT2D eigenvalue weighted by molar-refractivity contribution is 7.89. The quantitative estimate of drug-likeness (QED) is 0.837. The van der Waals surface area contributed by atoms with Gasteiger partial charge in [-0.15, -0.1) is 0 Å². The third-order valence-electron chi connectivity index (χ3n) is 3.52. The molecule has 0 radical (unpaired) electrons. The van der Waals surface area contributed by atoms with Crippen LogP contribution in [0.15, 0.2) is 17.2 Å². The maximum Gasteiger partial charge on any atom is 0.244 e. The number of aromatic nitrogens is 1. The molecule has 1 aromatic rings. The molecule has 108 valence electrons. The SMILES string of the molecule is CNCc1cc(S(=O)(=O)N2CCC(OC)C2)cn1C. The molecule has 1 N–H and O–H groups in total. The monoisotopic (exact) mass is 287 g/mol. The maximum absolute atomic E-state index is 12.5. The largest absolute Gasteiger partial charge is 0.380 e. The number of aryl methyl sites for hydroxylation is 1. The third kappa shape index (κ3) is 2.84. The summed E-state index contributed by atoms with van der Waals surface area (Å²) in [5.74, 6) is 0. The molecule has 2 rings (SSSR count). The smallest absolute Gasteiger partial charge is 0.244 e. The van der Waals surface area contributed by atoms with Crippen LogP contribution in [0.25, 0.3) is 0 Å². The fourth-order valence-corrected chi connectivity index (χ4v) is 3.92. The zero-order valence-electron chi connectivity index (χ0n) is 11.6. The molecular weight excluding hydrogens is 266 g/mol. The summed E-state index contributed by atoms with van der Waals surface area (Å²) in [5.41, 5.74) is 0.948. The molecular formula is C12H21N3O3S. The van der Waals surface area contributed by atoms with Crippen LogP contribution in [0.1, 0.15) is 12.1 Å². The molecule has 0 saturated carbocycles. The van der Waals surface area contributed by atoms with Crippen molar-refractivity contribution in [2.75, 3.05) is 27.2 Å². The summed E-state index contributed by atoms with van der Waals surface area (Å²) in [4.78, 5) is 0.358. The fraction of sp³-hybridized carbons (Fsp3) is 0.667. The first kappa shape index (κ1) is 14.5. The lowest BCUT2D eigenvalue weighted by Gasteiger charge is -2.14. The average molecular weight is 287 g/mol. The second-order valence-corrected chi connectivity index (χ2v) is 6.76. The van der Waals surface area contributed by atoms with Gasteiger partial charge in [0.15, 0.2) is 0 Å². The van der Waals surface area contributed by atoms with Crippen molar-refractivity contribution in [2.24, 2.45) is 7.05 Å². The van der Waals surface area contributed by atoms with E-state index in [1.807, 2.05) is 18.7 Å². The van der Waals surface area contributed by atoms with Crippen molar-refractivity contribution in [1.29, 1.82) is 0 Å². The summed E-state index contributed by atoms with van der Waals surface area (Å²) in [7, 11) is 1.92. The van der Waals surface area contributed by atoms with E-state index in [0.717, 1.165) is 12.1 Å². The van der Waals surface area contributed by atoms with Crippen LogP contribution < -0.4 is 5.32 Å². The number of nitrogens with zero attached hydrogens (tertiary/aromatic N) is 2. The number of sulfonamides is 1. The zero-order valence-corrected chi connectivity index (χ0v) is 12.4. The normalized spacial score (nSPS) is 21.1. The lowest BCUT2D eigenvalue weighted by Crippen LogP contribution is -2.29. The second kappa shape index (κ2) is 5.62. The van der Waals surface area contributed by atoms with E-state index in [2.05, 4.69) is 5.32 Å². The van der Waals surface area contributed by atoms with Gasteiger partial charge in [-0.2, -0.15) is 4.31 Å². The molecule has 1 atom stereocenters. The summed E-state index contributed by atoms with van der Waals surface area (Å²) in [6.07, 6.45) is 2.43. The highest BCUT2D eigenvalue weighted by Gasteiger charge is 2.33. The Hall–Kier alpha value is -0.890. The van der Waals surface area contributed by atoms with Gasteiger partial charge in [-0.05, 0) is 19.5 Å². The van der Waals surface area contributed by atoms with Gasteiger partial charge >= 0.3 is 0 Å². The van der Waals surface area contributed by atoms with Gasteiger partial charge in [0, 0.05) is 45.7 Å². The first-order valence-corrected chi connectivity index (χ1v) is 7.76. The van der Waals surface area contributed by atoms with Gasteiger partial charge in [-0.3, -0.25) is 0 Å². The molecule has 0 spiro atoms. The fourth-order valence-electron chi connectivity index (χ4n) is 2.33. The van der Waals surface area contributed by atoms with Gasteiger partial charge in [-0.25, -0.2) is 8.42 Å². The standard InChI is InChI=1S/C12H21N3O3S/c1-13-7-10-6-12(9-14(10)2)19(16,17)15-5-4-11(8-15)18-3/h6,9,11,13H,4-5,7-8H2,1-3H3. The molecule has 1 saturated heterocycles. The number of hydrogen-bond donors (Lipinski definition) is 1. The minimum absolute atomic E-state index is 0.00951. The summed E-state index contributed by atoms with van der Waals surface area (Å²) < 4.78 is 33.6. The Morgan fingerprint density at radius 3 is 2.84 bits per heavy atom. The molecule has 7 heteroatoms. The summed E-state index contributed by atoms with van der Waals surface area (Å²) in [6.45, 7) is 1.61. The Bertz CT molecular complexity index is 538. The van der Waals surface area contributed by atoms with Crippen molar-refractivity contribution >= 4 is 10.0 Å². The van der Waals surface area contributed by atoms with Crippen molar-refractivity contribution in [2.45, 2.75) is 24.0 Å². The van der Waals surface area contributed by atoms with Gasteiger partial charge in [-0.1, -0.05) is 0 Å². The number of ether oxygens (including phenoxy) is 1. The molecule has 6 nitrogen and oxygen atoms in total. The van der Waals surface area contributed by atoms with Crippen LogP contribution in [0.2, 0.25) is 0 Å². The van der Waals surface area contributed by atoms with Crippen LogP contribution in [0.4, 0.5) is 0 Å². The lowest BCUT2D eigenvalue weighted by molar-refractivity contribution is 0.115. The van der Waals surface area contributed by atoms with E-state index in [1.165, 1.54) is 4.31 Å². The molecule has 1 fully saturated rings. The highest BCUT2D eigenvalue weighted by atomic mass is 32.2. The van der Waals surface area contributed by atoms with E-state index in [1.54, 1.807) is 19.4 Å². The van der Waals surface area contributed by atoms with E-state index in [9.17, 15) is 8.42 Å².